The molecule has 0 aliphatic rings. The lowest BCUT2D eigenvalue weighted by Gasteiger charge is -2.18. The van der Waals surface area contributed by atoms with Gasteiger partial charge in [-0.05, 0) is 19.9 Å². The molecule has 0 saturated heterocycles. The Labute approximate surface area is 179 Å². The van der Waals surface area contributed by atoms with Crippen LogP contribution in [0.1, 0.15) is 25.0 Å². The number of pyridine rings is 1. The second kappa shape index (κ2) is 8.64. The van der Waals surface area contributed by atoms with Gasteiger partial charge in [-0.2, -0.15) is 26.3 Å². The van der Waals surface area contributed by atoms with E-state index in [1.165, 1.54) is 13.8 Å². The van der Waals surface area contributed by atoms with E-state index in [9.17, 15) is 46.6 Å². The highest BCUT2D eigenvalue weighted by atomic mass is 35.5. The number of nitrogens with one attached hydrogen (secondary N) is 1. The minimum atomic E-state index is -5.28. The van der Waals surface area contributed by atoms with Crippen molar-refractivity contribution in [1.29, 1.82) is 0 Å². The predicted molar refractivity (Wildman–Crippen MR) is 98.0 cm³/mol. The Morgan fingerprint density at radius 2 is 1.66 bits per heavy atom. The Balaban J connectivity index is 2.84. The quantitative estimate of drug-likeness (QED) is 0.295. The molecule has 0 saturated carbocycles. The summed E-state index contributed by atoms with van der Waals surface area (Å²) in [6.45, 7) is 2.51. The normalized spacial score (nSPS) is 12.1. The van der Waals surface area contributed by atoms with Crippen LogP contribution in [-0.4, -0.2) is 20.9 Å². The molecule has 0 atom stereocenters. The largest absolute Gasteiger partial charge is 0.484 e. The first-order chi connectivity index (χ1) is 14.5. The molecule has 1 N–H and O–H groups in total. The van der Waals surface area contributed by atoms with Gasteiger partial charge in [-0.1, -0.05) is 11.6 Å². The fraction of sp³-hybridized carbons (Fsp3) is 0.312. The van der Waals surface area contributed by atoms with Gasteiger partial charge in [-0.15, -0.1) is 0 Å². The SMILES string of the molecule is CC(C)Oc1c(C(F)(F)F)cc([N+](=O)[O-])c(Nc2ncc(C(F)(F)F)cc2Cl)c1[N+](=O)[O-]. The lowest BCUT2D eigenvalue weighted by Crippen LogP contribution is -2.16. The van der Waals surface area contributed by atoms with Crippen LogP contribution < -0.4 is 10.1 Å². The number of anilines is 2. The molecule has 0 fully saturated rings. The van der Waals surface area contributed by atoms with Crippen LogP contribution in [-0.2, 0) is 12.4 Å². The number of hydrogen-bond donors (Lipinski definition) is 1. The van der Waals surface area contributed by atoms with E-state index >= 15 is 0 Å². The standard InChI is InChI=1S/C16H11ClF6N4O5/c1-6(2)32-13-8(16(21,22)23)4-10(26(28)29)11(12(13)27(30)31)25-14-9(17)3-7(5-24-14)15(18,19)20/h3-6H,1-2H3,(H,24,25). The van der Waals surface area contributed by atoms with Gasteiger partial charge in [-0.25, -0.2) is 4.98 Å². The van der Waals surface area contributed by atoms with Gasteiger partial charge in [0.15, 0.2) is 0 Å². The fourth-order valence-corrected chi connectivity index (χ4v) is 2.66. The molecule has 1 aromatic carbocycles. The van der Waals surface area contributed by atoms with Crippen LogP contribution >= 0.6 is 11.6 Å². The van der Waals surface area contributed by atoms with Crippen molar-refractivity contribution in [3.63, 3.8) is 0 Å². The molecule has 2 aromatic rings. The smallest absolute Gasteiger partial charge is 0.420 e. The first-order valence-electron chi connectivity index (χ1n) is 8.27. The lowest BCUT2D eigenvalue weighted by atomic mass is 10.1. The van der Waals surface area contributed by atoms with Gasteiger partial charge in [0.1, 0.15) is 11.4 Å². The van der Waals surface area contributed by atoms with Gasteiger partial charge < -0.3 is 10.1 Å². The number of nitro benzene ring substituents is 2. The predicted octanol–water partition coefficient (Wildman–Crippen LogP) is 6.12. The average Bonchev–Trinajstić information content (AvgIpc) is 2.60. The molecule has 2 rings (SSSR count). The molecule has 32 heavy (non-hydrogen) atoms. The maximum Gasteiger partial charge on any atom is 0.420 e. The van der Waals surface area contributed by atoms with Crippen LogP contribution in [0.3, 0.4) is 0 Å². The second-order valence-electron chi connectivity index (χ2n) is 6.35. The number of ether oxygens (including phenoxy) is 1. The highest BCUT2D eigenvalue weighted by Crippen LogP contribution is 2.51. The van der Waals surface area contributed by atoms with Crippen LogP contribution in [0.5, 0.6) is 5.75 Å². The summed E-state index contributed by atoms with van der Waals surface area (Å²) >= 11 is 5.70. The number of nitro groups is 2. The zero-order chi connectivity index (χ0) is 24.6. The number of alkyl halides is 6. The van der Waals surface area contributed by atoms with Gasteiger partial charge in [0.2, 0.25) is 11.4 Å². The molecule has 16 heteroatoms. The van der Waals surface area contributed by atoms with Crippen LogP contribution in [0.25, 0.3) is 0 Å². The molecular weight excluding hydrogens is 478 g/mol. The van der Waals surface area contributed by atoms with Crippen molar-refractivity contribution in [2.75, 3.05) is 5.32 Å². The summed E-state index contributed by atoms with van der Waals surface area (Å²) in [6.07, 6.45) is -10.9. The van der Waals surface area contributed by atoms with Crippen molar-refractivity contribution < 1.29 is 40.9 Å². The summed E-state index contributed by atoms with van der Waals surface area (Å²) in [5.41, 5.74) is -7.08. The molecule has 0 radical (unpaired) electrons. The minimum absolute atomic E-state index is 0.00499. The van der Waals surface area contributed by atoms with Gasteiger partial charge in [0, 0.05) is 12.3 Å². The highest BCUT2D eigenvalue weighted by molar-refractivity contribution is 6.33. The number of rotatable bonds is 6. The summed E-state index contributed by atoms with van der Waals surface area (Å²) < 4.78 is 83.7. The van der Waals surface area contributed by atoms with Gasteiger partial charge in [-0.3, -0.25) is 20.2 Å². The average molecular weight is 489 g/mol. The Morgan fingerprint density at radius 3 is 2.06 bits per heavy atom. The van der Waals surface area contributed by atoms with Crippen LogP contribution in [0.2, 0.25) is 5.02 Å². The zero-order valence-electron chi connectivity index (χ0n) is 15.8. The Hall–Kier alpha value is -3.36. The van der Waals surface area contributed by atoms with E-state index in [2.05, 4.69) is 4.98 Å². The Morgan fingerprint density at radius 1 is 1.06 bits per heavy atom. The van der Waals surface area contributed by atoms with Crippen LogP contribution in [0, 0.1) is 20.2 Å². The number of aromatic nitrogens is 1. The third-order valence-corrected chi connectivity index (χ3v) is 3.97. The van der Waals surface area contributed by atoms with Crippen molar-refractivity contribution in [2.24, 2.45) is 0 Å². The number of halogens is 7. The van der Waals surface area contributed by atoms with Crippen LogP contribution in [0.4, 0.5) is 49.2 Å². The number of hydrogen-bond acceptors (Lipinski definition) is 7. The highest BCUT2D eigenvalue weighted by Gasteiger charge is 2.44. The van der Waals surface area contributed by atoms with Crippen molar-refractivity contribution in [3.8, 4) is 5.75 Å². The van der Waals surface area contributed by atoms with Crippen molar-refractivity contribution in [2.45, 2.75) is 32.3 Å². The lowest BCUT2D eigenvalue weighted by molar-refractivity contribution is -0.393. The summed E-state index contributed by atoms with van der Waals surface area (Å²) in [5.74, 6) is -2.03. The van der Waals surface area contributed by atoms with Crippen LogP contribution in [0.15, 0.2) is 18.3 Å². The van der Waals surface area contributed by atoms with Gasteiger partial charge in [0.05, 0.1) is 26.5 Å². The molecule has 0 unspecified atom stereocenters. The Kier molecular flexibility index (Phi) is 6.73. The molecule has 1 aromatic heterocycles. The molecule has 0 bridgehead atoms. The molecule has 0 amide bonds. The summed E-state index contributed by atoms with van der Waals surface area (Å²) in [4.78, 5) is 23.7. The van der Waals surface area contributed by atoms with Crippen molar-refractivity contribution in [3.05, 3.63) is 54.7 Å². The maximum atomic E-state index is 13.5. The molecule has 174 valence electrons. The Bertz CT molecular complexity index is 1070. The molecular formula is C16H11ClF6N4O5. The van der Waals surface area contributed by atoms with Gasteiger partial charge >= 0.3 is 23.7 Å². The summed E-state index contributed by atoms with van der Waals surface area (Å²) in [7, 11) is 0. The fourth-order valence-electron chi connectivity index (χ4n) is 2.45. The van der Waals surface area contributed by atoms with E-state index in [4.69, 9.17) is 16.3 Å². The zero-order valence-corrected chi connectivity index (χ0v) is 16.6. The van der Waals surface area contributed by atoms with Gasteiger partial charge in [0.25, 0.3) is 0 Å². The monoisotopic (exact) mass is 488 g/mol. The van der Waals surface area contributed by atoms with Crippen molar-refractivity contribution >= 4 is 34.5 Å². The topological polar surface area (TPSA) is 120 Å². The second-order valence-corrected chi connectivity index (χ2v) is 6.76. The summed E-state index contributed by atoms with van der Waals surface area (Å²) in [5, 5.41) is 24.3. The van der Waals surface area contributed by atoms with E-state index in [-0.39, 0.29) is 12.3 Å². The molecule has 9 nitrogen and oxygen atoms in total. The van der Waals surface area contributed by atoms with Crippen molar-refractivity contribution in [1.82, 2.24) is 4.98 Å². The number of benzene rings is 1. The van der Waals surface area contributed by atoms with E-state index < -0.39 is 73.1 Å². The van der Waals surface area contributed by atoms with E-state index in [1.807, 2.05) is 5.32 Å². The van der Waals surface area contributed by atoms with E-state index in [0.717, 1.165) is 0 Å². The third kappa shape index (κ3) is 5.27. The first-order valence-corrected chi connectivity index (χ1v) is 8.65. The summed E-state index contributed by atoms with van der Waals surface area (Å²) in [6, 6.07) is 0.384. The maximum absolute atomic E-state index is 13.5. The third-order valence-electron chi connectivity index (χ3n) is 3.68. The molecule has 0 aliphatic heterocycles. The number of nitrogens with zero attached hydrogens (tertiary/aromatic N) is 3. The van der Waals surface area contributed by atoms with E-state index in [1.54, 1.807) is 0 Å². The molecule has 0 aliphatic carbocycles. The first kappa shape index (κ1) is 24.9. The molecule has 0 spiro atoms. The van der Waals surface area contributed by atoms with E-state index in [0.29, 0.717) is 6.07 Å². The minimum Gasteiger partial charge on any atom is -0.484 e. The molecule has 1 heterocycles.